The summed E-state index contributed by atoms with van der Waals surface area (Å²) < 4.78 is 11.7. The van der Waals surface area contributed by atoms with Crippen LogP contribution in [0.25, 0.3) is 6.08 Å². The smallest absolute Gasteiger partial charge is 0.329 e. The van der Waals surface area contributed by atoms with Gasteiger partial charge in [0, 0.05) is 10.0 Å². The Bertz CT molecular complexity index is 1050. The highest BCUT2D eigenvalue weighted by Crippen LogP contribution is 2.36. The van der Waals surface area contributed by atoms with Crippen LogP contribution in [0.4, 0.5) is 4.79 Å². The predicted octanol–water partition coefficient (Wildman–Crippen LogP) is 5.32. The minimum Gasteiger partial charge on any atom is -0.488 e. The highest BCUT2D eigenvalue weighted by molar-refractivity contribution is 9.10. The first-order chi connectivity index (χ1) is 14.8. The van der Waals surface area contributed by atoms with E-state index < -0.39 is 23.2 Å². The van der Waals surface area contributed by atoms with Crippen molar-refractivity contribution in [2.45, 2.75) is 33.4 Å². The normalized spacial score (nSPS) is 16.0. The Morgan fingerprint density at radius 2 is 2.00 bits per heavy atom. The number of imide groups is 1. The lowest BCUT2D eigenvalue weighted by atomic mass is 10.1. The monoisotopic (exact) mass is 503 g/mol. The summed E-state index contributed by atoms with van der Waals surface area (Å²) in [5.74, 6) is -0.564. The van der Waals surface area contributed by atoms with Crippen molar-refractivity contribution in [3.63, 3.8) is 0 Å². The molecule has 0 aromatic heterocycles. The summed E-state index contributed by atoms with van der Waals surface area (Å²) in [4.78, 5) is 38.4. The zero-order valence-corrected chi connectivity index (χ0v) is 19.8. The average molecular weight is 504 g/mol. The maximum atomic E-state index is 12.8. The second-order valence-corrected chi connectivity index (χ2v) is 8.85. The molecule has 1 saturated heterocycles. The number of hydrogen-bond acceptors (Lipinski definition) is 6. The number of rotatable bonds is 7. The minimum atomic E-state index is -0.988. The Balaban J connectivity index is 1.84. The van der Waals surface area contributed by atoms with Crippen molar-refractivity contribution in [2.75, 3.05) is 6.61 Å². The Hall–Kier alpha value is -2.58. The van der Waals surface area contributed by atoms with Gasteiger partial charge in [-0.1, -0.05) is 45.8 Å². The summed E-state index contributed by atoms with van der Waals surface area (Å²) >= 11 is 4.23. The number of thioether (sulfide) groups is 1. The second kappa shape index (κ2) is 10.2. The zero-order chi connectivity index (χ0) is 22.5. The lowest BCUT2D eigenvalue weighted by Gasteiger charge is -2.19. The maximum absolute atomic E-state index is 12.8. The molecular weight excluding hydrogens is 482 g/mol. The van der Waals surface area contributed by atoms with Gasteiger partial charge < -0.3 is 9.47 Å². The number of halogens is 1. The van der Waals surface area contributed by atoms with E-state index in [-0.39, 0.29) is 11.5 Å². The van der Waals surface area contributed by atoms with Crippen LogP contribution in [0.15, 0.2) is 51.8 Å². The molecule has 0 N–H and O–H groups in total. The lowest BCUT2D eigenvalue weighted by Crippen LogP contribution is -2.42. The predicted molar refractivity (Wildman–Crippen MR) is 124 cm³/mol. The Morgan fingerprint density at radius 3 is 2.71 bits per heavy atom. The van der Waals surface area contributed by atoms with Crippen molar-refractivity contribution in [1.29, 1.82) is 0 Å². The van der Waals surface area contributed by atoms with E-state index in [0.29, 0.717) is 17.9 Å². The molecule has 6 nitrogen and oxygen atoms in total. The molecule has 0 aliphatic carbocycles. The molecule has 1 atom stereocenters. The molecule has 8 heteroatoms. The molecule has 2 aromatic rings. The molecule has 0 saturated carbocycles. The van der Waals surface area contributed by atoms with Crippen molar-refractivity contribution >= 4 is 50.9 Å². The Morgan fingerprint density at radius 1 is 1.23 bits per heavy atom. The Kier molecular flexibility index (Phi) is 7.56. The summed E-state index contributed by atoms with van der Waals surface area (Å²) in [6, 6.07) is 12.5. The number of carbonyl (C=O) groups excluding carboxylic acids is 3. The molecule has 2 aromatic carbocycles. The van der Waals surface area contributed by atoms with E-state index >= 15 is 0 Å². The molecule has 2 amide bonds. The molecular formula is C23H22BrNO5S. The third-order valence-corrected chi connectivity index (χ3v) is 5.95. The molecule has 0 unspecified atom stereocenters. The summed E-state index contributed by atoms with van der Waals surface area (Å²) in [6.07, 6.45) is 1.61. The second-order valence-electron chi connectivity index (χ2n) is 6.94. The highest BCUT2D eigenvalue weighted by atomic mass is 79.9. The summed E-state index contributed by atoms with van der Waals surface area (Å²) in [5.41, 5.74) is 2.82. The van der Waals surface area contributed by atoms with Gasteiger partial charge in [-0.3, -0.25) is 14.5 Å². The number of amides is 2. The Labute approximate surface area is 193 Å². The van der Waals surface area contributed by atoms with Crippen molar-refractivity contribution < 1.29 is 23.9 Å². The number of ether oxygens (including phenoxy) is 2. The molecule has 1 fully saturated rings. The van der Waals surface area contributed by atoms with E-state index in [4.69, 9.17) is 9.47 Å². The first kappa shape index (κ1) is 23.1. The standard InChI is InChI=1S/C23H22BrNO5S/c1-4-29-22(27)15(3)25-21(26)20(31-23(25)28)12-17-11-18(24)8-9-19(17)30-13-16-7-5-6-14(2)10-16/h5-12,15H,4,13H2,1-3H3/b20-12+/t15-/m1/s1. The van der Waals surface area contributed by atoms with Crippen molar-refractivity contribution in [2.24, 2.45) is 0 Å². The fraction of sp³-hybridized carbons (Fsp3) is 0.261. The quantitative estimate of drug-likeness (QED) is 0.375. The third-order valence-electron chi connectivity index (χ3n) is 4.57. The third kappa shape index (κ3) is 5.57. The van der Waals surface area contributed by atoms with Crippen LogP contribution in [-0.4, -0.2) is 34.7 Å². The fourth-order valence-electron chi connectivity index (χ4n) is 3.05. The van der Waals surface area contributed by atoms with Crippen molar-refractivity contribution in [1.82, 2.24) is 4.90 Å². The van der Waals surface area contributed by atoms with Gasteiger partial charge >= 0.3 is 5.97 Å². The summed E-state index contributed by atoms with van der Waals surface area (Å²) in [5, 5.41) is -0.506. The SMILES string of the molecule is CCOC(=O)[C@@H](C)N1C(=O)S/C(=C/c2cc(Br)ccc2OCc2cccc(C)c2)C1=O. The summed E-state index contributed by atoms with van der Waals surface area (Å²) in [6.45, 7) is 5.71. The van der Waals surface area contributed by atoms with Gasteiger partial charge in [0.15, 0.2) is 0 Å². The van der Waals surface area contributed by atoms with Crippen LogP contribution in [0.3, 0.4) is 0 Å². The van der Waals surface area contributed by atoms with E-state index in [0.717, 1.165) is 32.3 Å². The highest BCUT2D eigenvalue weighted by Gasteiger charge is 2.41. The zero-order valence-electron chi connectivity index (χ0n) is 17.4. The number of nitrogens with zero attached hydrogens (tertiary/aromatic N) is 1. The van der Waals surface area contributed by atoms with Gasteiger partial charge in [-0.15, -0.1) is 0 Å². The molecule has 1 heterocycles. The van der Waals surface area contributed by atoms with Gasteiger partial charge in [0.05, 0.1) is 11.5 Å². The van der Waals surface area contributed by atoms with Crippen LogP contribution in [-0.2, 0) is 20.9 Å². The first-order valence-corrected chi connectivity index (χ1v) is 11.3. The van der Waals surface area contributed by atoms with E-state index in [1.54, 1.807) is 19.1 Å². The van der Waals surface area contributed by atoms with E-state index in [9.17, 15) is 14.4 Å². The van der Waals surface area contributed by atoms with Crippen molar-refractivity contribution in [3.05, 3.63) is 68.5 Å². The number of benzene rings is 2. The maximum Gasteiger partial charge on any atom is 0.329 e. The number of aryl methyl sites for hydroxylation is 1. The van der Waals surface area contributed by atoms with Crippen LogP contribution in [0.2, 0.25) is 0 Å². The van der Waals surface area contributed by atoms with Crippen LogP contribution >= 0.6 is 27.7 Å². The number of hydrogen-bond donors (Lipinski definition) is 0. The first-order valence-electron chi connectivity index (χ1n) is 9.71. The number of esters is 1. The van der Waals surface area contributed by atoms with Crippen LogP contribution < -0.4 is 4.74 Å². The van der Waals surface area contributed by atoms with E-state index in [1.807, 2.05) is 43.3 Å². The molecule has 1 aliphatic rings. The topological polar surface area (TPSA) is 72.9 Å². The molecule has 0 bridgehead atoms. The molecule has 0 spiro atoms. The van der Waals surface area contributed by atoms with Gasteiger partial charge in [-0.2, -0.15) is 0 Å². The van der Waals surface area contributed by atoms with Gasteiger partial charge in [-0.25, -0.2) is 4.79 Å². The molecule has 31 heavy (non-hydrogen) atoms. The molecule has 1 aliphatic heterocycles. The van der Waals surface area contributed by atoms with Crippen LogP contribution in [0.1, 0.15) is 30.5 Å². The molecule has 3 rings (SSSR count). The van der Waals surface area contributed by atoms with Crippen LogP contribution in [0.5, 0.6) is 5.75 Å². The minimum absolute atomic E-state index is 0.176. The van der Waals surface area contributed by atoms with E-state index in [1.165, 1.54) is 6.92 Å². The summed E-state index contributed by atoms with van der Waals surface area (Å²) in [7, 11) is 0. The average Bonchev–Trinajstić information content (AvgIpc) is 3.00. The van der Waals surface area contributed by atoms with Gasteiger partial charge in [0.2, 0.25) is 0 Å². The molecule has 0 radical (unpaired) electrons. The lowest BCUT2D eigenvalue weighted by molar-refractivity contribution is -0.150. The molecule has 162 valence electrons. The van der Waals surface area contributed by atoms with Crippen LogP contribution in [0, 0.1) is 6.92 Å². The van der Waals surface area contributed by atoms with Gasteiger partial charge in [0.1, 0.15) is 18.4 Å². The number of carbonyl (C=O) groups is 3. The van der Waals surface area contributed by atoms with E-state index in [2.05, 4.69) is 15.9 Å². The van der Waals surface area contributed by atoms with Crippen molar-refractivity contribution in [3.8, 4) is 5.75 Å². The van der Waals surface area contributed by atoms with Gasteiger partial charge in [0.25, 0.3) is 11.1 Å². The largest absolute Gasteiger partial charge is 0.488 e. The van der Waals surface area contributed by atoms with Gasteiger partial charge in [-0.05, 0) is 62.4 Å². The fourth-order valence-corrected chi connectivity index (χ4v) is 4.33.